The molecule has 0 aliphatic rings. The second kappa shape index (κ2) is 7.62. The maximum atomic E-state index is 12.3. The minimum absolute atomic E-state index is 0.159. The first-order valence-electron chi connectivity index (χ1n) is 8.29. The summed E-state index contributed by atoms with van der Waals surface area (Å²) < 4.78 is 0. The van der Waals surface area contributed by atoms with Gasteiger partial charge in [-0.3, -0.25) is 4.79 Å². The summed E-state index contributed by atoms with van der Waals surface area (Å²) in [4.78, 5) is 12.3. The van der Waals surface area contributed by atoms with Gasteiger partial charge in [0, 0.05) is 5.56 Å². The van der Waals surface area contributed by atoms with E-state index in [9.17, 15) is 9.90 Å². The number of benzene rings is 3. The van der Waals surface area contributed by atoms with Crippen molar-refractivity contribution in [1.29, 1.82) is 0 Å². The average Bonchev–Trinajstić information content (AvgIpc) is 2.64. The average molecular weight is 332 g/mol. The zero-order valence-electron chi connectivity index (χ0n) is 14.1. The highest BCUT2D eigenvalue weighted by Crippen LogP contribution is 2.19. The summed E-state index contributed by atoms with van der Waals surface area (Å²) in [6.45, 7) is 1.93. The van der Waals surface area contributed by atoms with Crippen molar-refractivity contribution in [3.05, 3.63) is 77.9 Å². The molecule has 0 bridgehead atoms. The van der Waals surface area contributed by atoms with E-state index in [4.69, 9.17) is 0 Å². The Bertz CT molecular complexity index is 927. The van der Waals surface area contributed by atoms with Crippen molar-refractivity contribution in [1.82, 2.24) is 5.43 Å². The third-order valence-electron chi connectivity index (χ3n) is 4.10. The Morgan fingerprint density at radius 3 is 2.52 bits per heavy atom. The van der Waals surface area contributed by atoms with Gasteiger partial charge in [0.2, 0.25) is 5.91 Å². The highest BCUT2D eigenvalue weighted by Gasteiger charge is 2.09. The van der Waals surface area contributed by atoms with Gasteiger partial charge in [-0.25, -0.2) is 5.43 Å². The van der Waals surface area contributed by atoms with Crippen LogP contribution in [-0.4, -0.2) is 16.7 Å². The lowest BCUT2D eigenvalue weighted by Crippen LogP contribution is -2.22. The number of nitrogens with one attached hydrogen (secondary N) is 1. The molecule has 126 valence electrons. The second-order valence-corrected chi connectivity index (χ2v) is 5.78. The number of para-hydroxylation sites is 1. The normalized spacial score (nSPS) is 11.5. The number of phenols is 1. The number of amides is 1. The van der Waals surface area contributed by atoms with Crippen LogP contribution in [-0.2, 0) is 11.2 Å². The van der Waals surface area contributed by atoms with E-state index in [-0.39, 0.29) is 18.1 Å². The number of rotatable bonds is 5. The van der Waals surface area contributed by atoms with Crippen molar-refractivity contribution in [3.8, 4) is 5.75 Å². The van der Waals surface area contributed by atoms with Gasteiger partial charge < -0.3 is 5.11 Å². The third-order valence-corrected chi connectivity index (χ3v) is 4.10. The lowest BCUT2D eigenvalue weighted by molar-refractivity contribution is -0.120. The molecule has 2 N–H and O–H groups in total. The summed E-state index contributed by atoms with van der Waals surface area (Å²) >= 11 is 0. The van der Waals surface area contributed by atoms with E-state index in [0.29, 0.717) is 17.7 Å². The first-order chi connectivity index (χ1) is 12.2. The number of carbonyl (C=O) groups is 1. The van der Waals surface area contributed by atoms with Crippen LogP contribution in [0.1, 0.15) is 24.5 Å². The molecule has 3 rings (SSSR count). The minimum atomic E-state index is -0.183. The monoisotopic (exact) mass is 332 g/mol. The highest BCUT2D eigenvalue weighted by atomic mass is 16.3. The van der Waals surface area contributed by atoms with Crippen LogP contribution in [0.4, 0.5) is 0 Å². The summed E-state index contributed by atoms with van der Waals surface area (Å²) in [7, 11) is 0. The largest absolute Gasteiger partial charge is 0.507 e. The highest BCUT2D eigenvalue weighted by molar-refractivity contribution is 6.03. The van der Waals surface area contributed by atoms with Gasteiger partial charge in [-0.05, 0) is 34.9 Å². The fraction of sp³-hybridized carbons (Fsp3) is 0.143. The Balaban J connectivity index is 1.77. The molecule has 0 saturated heterocycles. The van der Waals surface area contributed by atoms with E-state index < -0.39 is 0 Å². The molecule has 0 unspecified atom stereocenters. The molecule has 0 saturated carbocycles. The molecule has 0 spiro atoms. The molecule has 3 aromatic carbocycles. The van der Waals surface area contributed by atoms with E-state index in [1.807, 2.05) is 55.5 Å². The number of hydrogen-bond donors (Lipinski definition) is 2. The van der Waals surface area contributed by atoms with Crippen LogP contribution in [0.25, 0.3) is 10.8 Å². The molecular formula is C21H20N2O2. The quantitative estimate of drug-likeness (QED) is 0.547. The van der Waals surface area contributed by atoms with Crippen molar-refractivity contribution < 1.29 is 9.90 Å². The van der Waals surface area contributed by atoms with Crippen LogP contribution in [0.3, 0.4) is 0 Å². The molecule has 4 heteroatoms. The number of fused-ring (bicyclic) bond motifs is 1. The predicted molar refractivity (Wildman–Crippen MR) is 101 cm³/mol. The molecule has 0 heterocycles. The zero-order chi connectivity index (χ0) is 17.6. The number of nitrogens with zero attached hydrogens (tertiary/aromatic N) is 1. The molecular weight excluding hydrogens is 312 g/mol. The van der Waals surface area contributed by atoms with Crippen LogP contribution < -0.4 is 5.43 Å². The summed E-state index contributed by atoms with van der Waals surface area (Å²) in [5.41, 5.74) is 4.85. The molecule has 3 aromatic rings. The van der Waals surface area contributed by atoms with Gasteiger partial charge in [0.15, 0.2) is 0 Å². The Labute approximate surface area is 146 Å². The van der Waals surface area contributed by atoms with Crippen LogP contribution in [0.2, 0.25) is 0 Å². The van der Waals surface area contributed by atoms with Crippen molar-refractivity contribution in [2.45, 2.75) is 19.8 Å². The molecule has 0 fully saturated rings. The smallest absolute Gasteiger partial charge is 0.244 e. The van der Waals surface area contributed by atoms with E-state index in [0.717, 1.165) is 16.3 Å². The zero-order valence-corrected chi connectivity index (χ0v) is 14.1. The van der Waals surface area contributed by atoms with E-state index in [1.165, 1.54) is 0 Å². The summed E-state index contributed by atoms with van der Waals surface area (Å²) in [6.07, 6.45) is 0.856. The number of hydrogen-bond acceptors (Lipinski definition) is 3. The standard InChI is InChI=1S/C21H20N2O2/c1-2-19(18-12-5-6-13-20(18)24)22-23-21(25)14-16-10-7-9-15-8-3-4-11-17(15)16/h3-13,24H,2,14H2,1H3,(H,23,25). The van der Waals surface area contributed by atoms with Crippen LogP contribution >= 0.6 is 0 Å². The summed E-state index contributed by atoms with van der Waals surface area (Å²) in [5.74, 6) is -0.0240. The summed E-state index contributed by atoms with van der Waals surface area (Å²) in [5, 5.41) is 16.3. The number of carbonyl (C=O) groups excluding carboxylic acids is 1. The number of aromatic hydroxyl groups is 1. The number of phenolic OH excluding ortho intramolecular Hbond substituents is 1. The number of hydrazone groups is 1. The minimum Gasteiger partial charge on any atom is -0.507 e. The predicted octanol–water partition coefficient (Wildman–Crippen LogP) is 4.02. The summed E-state index contributed by atoms with van der Waals surface area (Å²) in [6, 6.07) is 20.9. The van der Waals surface area contributed by atoms with E-state index in [1.54, 1.807) is 18.2 Å². The van der Waals surface area contributed by atoms with Gasteiger partial charge in [0.25, 0.3) is 0 Å². The fourth-order valence-corrected chi connectivity index (χ4v) is 2.84. The SMILES string of the molecule is CCC(=NNC(=O)Cc1cccc2ccccc12)c1ccccc1O. The lowest BCUT2D eigenvalue weighted by Gasteiger charge is -2.08. The molecule has 0 aliphatic heterocycles. The van der Waals surface area contributed by atoms with Gasteiger partial charge in [0.05, 0.1) is 12.1 Å². The van der Waals surface area contributed by atoms with Crippen molar-refractivity contribution in [2.24, 2.45) is 5.10 Å². The Kier molecular flexibility index (Phi) is 5.09. The van der Waals surface area contributed by atoms with Crippen molar-refractivity contribution in [2.75, 3.05) is 0 Å². The first kappa shape index (κ1) is 16.7. The van der Waals surface area contributed by atoms with Gasteiger partial charge >= 0.3 is 0 Å². The molecule has 0 radical (unpaired) electrons. The van der Waals surface area contributed by atoms with Crippen LogP contribution in [0, 0.1) is 0 Å². The second-order valence-electron chi connectivity index (χ2n) is 5.78. The maximum Gasteiger partial charge on any atom is 0.244 e. The Morgan fingerprint density at radius 2 is 1.72 bits per heavy atom. The molecule has 25 heavy (non-hydrogen) atoms. The van der Waals surface area contributed by atoms with Gasteiger partial charge in [-0.15, -0.1) is 0 Å². The topological polar surface area (TPSA) is 61.7 Å². The van der Waals surface area contributed by atoms with Crippen molar-refractivity contribution in [3.63, 3.8) is 0 Å². The van der Waals surface area contributed by atoms with Gasteiger partial charge in [0.1, 0.15) is 5.75 Å². The fourth-order valence-electron chi connectivity index (χ4n) is 2.84. The Morgan fingerprint density at radius 1 is 1.00 bits per heavy atom. The molecule has 1 amide bonds. The van der Waals surface area contributed by atoms with Crippen molar-refractivity contribution >= 4 is 22.4 Å². The molecule has 0 aliphatic carbocycles. The van der Waals surface area contributed by atoms with Crippen LogP contribution in [0.5, 0.6) is 5.75 Å². The first-order valence-corrected chi connectivity index (χ1v) is 8.29. The van der Waals surface area contributed by atoms with Gasteiger partial charge in [-0.2, -0.15) is 5.10 Å². The van der Waals surface area contributed by atoms with Gasteiger partial charge in [-0.1, -0.05) is 61.5 Å². The molecule has 0 atom stereocenters. The molecule has 0 aromatic heterocycles. The van der Waals surface area contributed by atoms with E-state index in [2.05, 4.69) is 10.5 Å². The lowest BCUT2D eigenvalue weighted by atomic mass is 10.0. The third kappa shape index (κ3) is 3.86. The van der Waals surface area contributed by atoms with E-state index >= 15 is 0 Å². The van der Waals surface area contributed by atoms with Crippen LogP contribution in [0.15, 0.2) is 71.8 Å². The maximum absolute atomic E-state index is 12.3. The Hall–Kier alpha value is -3.14. The molecule has 4 nitrogen and oxygen atoms in total.